The maximum absolute atomic E-state index is 11.6. The number of halogens is 1. The number of nitrogens with zero attached hydrogens (tertiary/aromatic N) is 2. The van der Waals surface area contributed by atoms with E-state index in [1.807, 2.05) is 0 Å². The van der Waals surface area contributed by atoms with E-state index in [-0.39, 0.29) is 5.56 Å². The SMILES string of the molecule is Cn1ncc(NCC2CCCOC2)c(Br)c1=O. The van der Waals surface area contributed by atoms with Crippen LogP contribution in [-0.2, 0) is 11.8 Å². The highest BCUT2D eigenvalue weighted by atomic mass is 79.9. The van der Waals surface area contributed by atoms with E-state index >= 15 is 0 Å². The molecule has 1 saturated heterocycles. The largest absolute Gasteiger partial charge is 0.382 e. The molecule has 1 fully saturated rings. The zero-order chi connectivity index (χ0) is 12.3. The van der Waals surface area contributed by atoms with Gasteiger partial charge in [0.25, 0.3) is 5.56 Å². The van der Waals surface area contributed by atoms with Gasteiger partial charge in [0.2, 0.25) is 0 Å². The molecule has 0 spiro atoms. The lowest BCUT2D eigenvalue weighted by molar-refractivity contribution is 0.0595. The summed E-state index contributed by atoms with van der Waals surface area (Å²) in [5.74, 6) is 0.514. The zero-order valence-corrected chi connectivity index (χ0v) is 11.4. The zero-order valence-electron chi connectivity index (χ0n) is 9.78. The second-order valence-corrected chi connectivity index (χ2v) is 5.06. The predicted octanol–water partition coefficient (Wildman–Crippen LogP) is 1.38. The Morgan fingerprint density at radius 2 is 2.53 bits per heavy atom. The van der Waals surface area contributed by atoms with Crippen molar-refractivity contribution in [3.05, 3.63) is 21.0 Å². The first-order valence-corrected chi connectivity index (χ1v) is 6.51. The predicted molar refractivity (Wildman–Crippen MR) is 69.2 cm³/mol. The molecular weight excluding hydrogens is 286 g/mol. The first-order chi connectivity index (χ1) is 8.18. The highest BCUT2D eigenvalue weighted by molar-refractivity contribution is 9.10. The van der Waals surface area contributed by atoms with Crippen LogP contribution >= 0.6 is 15.9 Å². The van der Waals surface area contributed by atoms with Gasteiger partial charge in [-0.1, -0.05) is 0 Å². The third-order valence-electron chi connectivity index (χ3n) is 2.91. The van der Waals surface area contributed by atoms with Crippen molar-refractivity contribution in [3.8, 4) is 0 Å². The average Bonchev–Trinajstić information content (AvgIpc) is 2.36. The fourth-order valence-corrected chi connectivity index (χ4v) is 2.36. The van der Waals surface area contributed by atoms with Crippen LogP contribution in [0.25, 0.3) is 0 Å². The molecule has 1 aliphatic heterocycles. The Kier molecular flexibility index (Phi) is 4.17. The highest BCUT2D eigenvalue weighted by Gasteiger charge is 2.14. The van der Waals surface area contributed by atoms with Crippen LogP contribution in [0.4, 0.5) is 5.69 Å². The Balaban J connectivity index is 1.99. The molecule has 1 atom stereocenters. The van der Waals surface area contributed by atoms with Crippen LogP contribution in [0.3, 0.4) is 0 Å². The summed E-state index contributed by atoms with van der Waals surface area (Å²) in [5, 5.41) is 7.23. The Morgan fingerprint density at radius 1 is 1.71 bits per heavy atom. The van der Waals surface area contributed by atoms with Crippen LogP contribution in [0.15, 0.2) is 15.5 Å². The fourth-order valence-electron chi connectivity index (χ4n) is 1.86. The van der Waals surface area contributed by atoms with Gasteiger partial charge in [0.15, 0.2) is 0 Å². The first-order valence-electron chi connectivity index (χ1n) is 5.72. The average molecular weight is 302 g/mol. The summed E-state index contributed by atoms with van der Waals surface area (Å²) in [6, 6.07) is 0. The Bertz CT molecular complexity index is 441. The topological polar surface area (TPSA) is 56.1 Å². The number of hydrogen-bond donors (Lipinski definition) is 1. The van der Waals surface area contributed by atoms with E-state index in [1.165, 1.54) is 11.1 Å². The van der Waals surface area contributed by atoms with E-state index < -0.39 is 0 Å². The maximum atomic E-state index is 11.6. The minimum absolute atomic E-state index is 0.130. The van der Waals surface area contributed by atoms with Gasteiger partial charge in [-0.25, -0.2) is 4.68 Å². The summed E-state index contributed by atoms with van der Waals surface area (Å²) >= 11 is 3.29. The molecule has 0 saturated carbocycles. The Labute approximate surface area is 108 Å². The molecule has 1 N–H and O–H groups in total. The van der Waals surface area contributed by atoms with Crippen molar-refractivity contribution in [1.82, 2.24) is 9.78 Å². The van der Waals surface area contributed by atoms with Crippen LogP contribution in [0, 0.1) is 5.92 Å². The minimum atomic E-state index is -0.130. The van der Waals surface area contributed by atoms with Crippen LogP contribution < -0.4 is 10.9 Å². The molecule has 2 heterocycles. The summed E-state index contributed by atoms with van der Waals surface area (Å²) < 4.78 is 7.25. The van der Waals surface area contributed by atoms with E-state index in [9.17, 15) is 4.79 Å². The van der Waals surface area contributed by atoms with Gasteiger partial charge in [0.1, 0.15) is 4.47 Å². The van der Waals surface area contributed by atoms with Crippen molar-refractivity contribution in [2.75, 3.05) is 25.1 Å². The molecule has 6 heteroatoms. The molecule has 2 rings (SSSR count). The molecule has 17 heavy (non-hydrogen) atoms. The standard InChI is InChI=1S/C11H16BrN3O2/c1-15-11(16)10(12)9(6-14-15)13-5-8-3-2-4-17-7-8/h6,8,13H,2-5,7H2,1H3. The molecule has 0 aliphatic carbocycles. The van der Waals surface area contributed by atoms with Crippen LogP contribution in [0.5, 0.6) is 0 Å². The molecule has 94 valence electrons. The van der Waals surface area contributed by atoms with E-state index in [4.69, 9.17) is 4.74 Å². The lowest BCUT2D eigenvalue weighted by atomic mass is 10.0. The monoisotopic (exact) mass is 301 g/mol. The molecule has 0 radical (unpaired) electrons. The first kappa shape index (κ1) is 12.6. The van der Waals surface area contributed by atoms with E-state index in [2.05, 4.69) is 26.3 Å². The minimum Gasteiger partial charge on any atom is -0.382 e. The number of aromatic nitrogens is 2. The summed E-state index contributed by atoms with van der Waals surface area (Å²) in [5.41, 5.74) is 0.619. The van der Waals surface area contributed by atoms with Crippen molar-refractivity contribution in [3.63, 3.8) is 0 Å². The molecule has 0 amide bonds. The van der Waals surface area contributed by atoms with E-state index in [0.717, 1.165) is 31.9 Å². The number of anilines is 1. The van der Waals surface area contributed by atoms with Crippen LogP contribution in [0.2, 0.25) is 0 Å². The van der Waals surface area contributed by atoms with Crippen molar-refractivity contribution in [2.45, 2.75) is 12.8 Å². The highest BCUT2D eigenvalue weighted by Crippen LogP contribution is 2.18. The van der Waals surface area contributed by atoms with Gasteiger partial charge < -0.3 is 10.1 Å². The van der Waals surface area contributed by atoms with E-state index in [0.29, 0.717) is 10.4 Å². The Hall–Kier alpha value is -0.880. The third-order valence-corrected chi connectivity index (χ3v) is 3.68. The van der Waals surface area contributed by atoms with Gasteiger partial charge in [-0.2, -0.15) is 5.10 Å². The van der Waals surface area contributed by atoms with Crippen LogP contribution in [0.1, 0.15) is 12.8 Å². The molecule has 5 nitrogen and oxygen atoms in total. The molecule has 0 aromatic carbocycles. The fraction of sp³-hybridized carbons (Fsp3) is 0.636. The lowest BCUT2D eigenvalue weighted by Gasteiger charge is -2.22. The number of hydrogen-bond acceptors (Lipinski definition) is 4. The molecule has 0 bridgehead atoms. The second kappa shape index (κ2) is 5.64. The number of ether oxygens (including phenoxy) is 1. The summed E-state index contributed by atoms with van der Waals surface area (Å²) in [7, 11) is 1.63. The van der Waals surface area contributed by atoms with Crippen molar-refractivity contribution in [1.29, 1.82) is 0 Å². The van der Waals surface area contributed by atoms with Gasteiger partial charge in [-0.3, -0.25) is 4.79 Å². The van der Waals surface area contributed by atoms with Gasteiger partial charge in [-0.05, 0) is 34.7 Å². The normalized spacial score (nSPS) is 20.2. The van der Waals surface area contributed by atoms with Gasteiger partial charge in [0.05, 0.1) is 18.5 Å². The quantitative estimate of drug-likeness (QED) is 0.916. The number of nitrogens with one attached hydrogen (secondary N) is 1. The number of rotatable bonds is 3. The van der Waals surface area contributed by atoms with Gasteiger partial charge in [-0.15, -0.1) is 0 Å². The Morgan fingerprint density at radius 3 is 3.24 bits per heavy atom. The summed E-state index contributed by atoms with van der Waals surface area (Å²) in [6.45, 7) is 2.48. The van der Waals surface area contributed by atoms with E-state index in [1.54, 1.807) is 13.2 Å². The molecular formula is C11H16BrN3O2. The summed E-state index contributed by atoms with van der Waals surface area (Å²) in [6.07, 6.45) is 3.94. The third kappa shape index (κ3) is 3.07. The molecule has 1 aromatic rings. The number of aryl methyl sites for hydroxylation is 1. The van der Waals surface area contributed by atoms with Gasteiger partial charge in [0, 0.05) is 20.2 Å². The van der Waals surface area contributed by atoms with Crippen molar-refractivity contribution in [2.24, 2.45) is 13.0 Å². The maximum Gasteiger partial charge on any atom is 0.282 e. The molecule has 1 aliphatic rings. The molecule has 1 aromatic heterocycles. The van der Waals surface area contributed by atoms with Crippen molar-refractivity contribution >= 4 is 21.6 Å². The van der Waals surface area contributed by atoms with Gasteiger partial charge >= 0.3 is 0 Å². The van der Waals surface area contributed by atoms with Crippen LogP contribution in [-0.4, -0.2) is 29.5 Å². The molecule has 1 unspecified atom stereocenters. The lowest BCUT2D eigenvalue weighted by Crippen LogP contribution is -2.26. The van der Waals surface area contributed by atoms with Crippen molar-refractivity contribution < 1.29 is 4.74 Å². The smallest absolute Gasteiger partial charge is 0.282 e. The summed E-state index contributed by atoms with van der Waals surface area (Å²) in [4.78, 5) is 11.6. The second-order valence-electron chi connectivity index (χ2n) is 4.27.